The molecule has 0 saturated heterocycles. The summed E-state index contributed by atoms with van der Waals surface area (Å²) in [5.41, 5.74) is 0. The van der Waals surface area contributed by atoms with E-state index in [9.17, 15) is 14.4 Å². The van der Waals surface area contributed by atoms with Crippen LogP contribution in [0.2, 0.25) is 0 Å². The summed E-state index contributed by atoms with van der Waals surface area (Å²) in [5.74, 6) is -0.873. The van der Waals surface area contributed by atoms with Gasteiger partial charge >= 0.3 is 17.9 Å². The predicted octanol–water partition coefficient (Wildman–Crippen LogP) is 20.6. The first-order valence-corrected chi connectivity index (χ1v) is 30.6. The van der Waals surface area contributed by atoms with E-state index in [1.165, 1.54) is 212 Å². The van der Waals surface area contributed by atoms with Crippen molar-refractivity contribution >= 4 is 17.9 Å². The average Bonchev–Trinajstić information content (AvgIpc) is 3.36. The topological polar surface area (TPSA) is 78.9 Å². The number of carbonyl (C=O) groups excluding carboxylic acids is 3. The first-order chi connectivity index (χ1) is 34.5. The molecule has 0 aliphatic carbocycles. The smallest absolute Gasteiger partial charge is 0.306 e. The van der Waals surface area contributed by atoms with Gasteiger partial charge in [0, 0.05) is 19.3 Å². The fourth-order valence-corrected chi connectivity index (χ4v) is 8.92. The molecule has 0 rings (SSSR count). The number of allylic oxidation sites excluding steroid dienone is 8. The molecule has 0 radical (unpaired) electrons. The molecule has 0 amide bonds. The van der Waals surface area contributed by atoms with Crippen molar-refractivity contribution < 1.29 is 28.6 Å². The fourth-order valence-electron chi connectivity index (χ4n) is 8.92. The van der Waals surface area contributed by atoms with Crippen molar-refractivity contribution in [3.8, 4) is 0 Å². The van der Waals surface area contributed by atoms with E-state index in [1.54, 1.807) is 0 Å². The Bertz CT molecular complexity index is 1220. The van der Waals surface area contributed by atoms with Gasteiger partial charge in [-0.2, -0.15) is 0 Å². The van der Waals surface area contributed by atoms with Crippen molar-refractivity contribution in [2.45, 2.75) is 329 Å². The molecule has 6 nitrogen and oxygen atoms in total. The van der Waals surface area contributed by atoms with Crippen molar-refractivity contribution in [2.75, 3.05) is 13.2 Å². The lowest BCUT2D eigenvalue weighted by atomic mass is 10.0. The Morgan fingerprint density at radius 2 is 0.514 bits per heavy atom. The maximum Gasteiger partial charge on any atom is 0.306 e. The molecular formula is C64H116O6. The summed E-state index contributed by atoms with van der Waals surface area (Å²) < 4.78 is 16.8. The maximum absolute atomic E-state index is 12.8. The summed E-state index contributed by atoms with van der Waals surface area (Å²) in [6, 6.07) is 0. The van der Waals surface area contributed by atoms with Gasteiger partial charge in [0.15, 0.2) is 6.10 Å². The highest BCUT2D eigenvalue weighted by Gasteiger charge is 2.19. The standard InChI is InChI=1S/C64H116O6/c1-4-7-10-13-16-18-20-22-24-26-27-28-29-30-31-32-33-34-35-36-37-39-40-42-44-46-48-51-54-57-63(66)69-60-61(59-68-62(65)56-53-50-15-12-9-6-3)70-64(67)58-55-52-49-47-45-43-41-38-25-23-21-19-17-14-11-8-5-2/h20,22-23,25-27,29-30,61H,4-19,21,24,28,31-60H2,1-3H3/b22-20-,25-23-,27-26-,30-29-. The number of rotatable bonds is 56. The molecule has 0 heterocycles. The number of unbranched alkanes of at least 4 members (excludes halogenated alkanes) is 37. The predicted molar refractivity (Wildman–Crippen MR) is 302 cm³/mol. The minimum Gasteiger partial charge on any atom is -0.462 e. The van der Waals surface area contributed by atoms with E-state index < -0.39 is 6.10 Å². The molecule has 0 saturated carbocycles. The molecule has 0 spiro atoms. The summed E-state index contributed by atoms with van der Waals surface area (Å²) in [6.07, 6.45) is 72.9. The molecule has 0 bridgehead atoms. The highest BCUT2D eigenvalue weighted by atomic mass is 16.6. The van der Waals surface area contributed by atoms with Crippen LogP contribution < -0.4 is 0 Å². The van der Waals surface area contributed by atoms with Crippen LogP contribution in [0.4, 0.5) is 0 Å². The second-order valence-corrected chi connectivity index (χ2v) is 20.6. The van der Waals surface area contributed by atoms with E-state index in [4.69, 9.17) is 14.2 Å². The van der Waals surface area contributed by atoms with E-state index in [0.29, 0.717) is 19.3 Å². The van der Waals surface area contributed by atoms with Crippen LogP contribution in [0.3, 0.4) is 0 Å². The van der Waals surface area contributed by atoms with Crippen LogP contribution in [0.1, 0.15) is 323 Å². The Morgan fingerprint density at radius 3 is 0.814 bits per heavy atom. The quantitative estimate of drug-likeness (QED) is 0.0261. The van der Waals surface area contributed by atoms with E-state index in [0.717, 1.165) is 70.6 Å². The number of esters is 3. The minimum atomic E-state index is -0.771. The molecule has 6 heteroatoms. The first kappa shape index (κ1) is 67.4. The maximum atomic E-state index is 12.8. The minimum absolute atomic E-state index is 0.0724. The molecule has 1 atom stereocenters. The van der Waals surface area contributed by atoms with Gasteiger partial charge in [-0.3, -0.25) is 14.4 Å². The Balaban J connectivity index is 4.04. The molecule has 0 aliphatic rings. The summed E-state index contributed by atoms with van der Waals surface area (Å²) in [5, 5.41) is 0. The summed E-state index contributed by atoms with van der Waals surface area (Å²) in [6.45, 7) is 6.59. The van der Waals surface area contributed by atoms with E-state index in [2.05, 4.69) is 69.4 Å². The van der Waals surface area contributed by atoms with Crippen LogP contribution in [0.25, 0.3) is 0 Å². The van der Waals surface area contributed by atoms with Crippen LogP contribution in [0, 0.1) is 0 Å². The third-order valence-electron chi connectivity index (χ3n) is 13.6. The fraction of sp³-hybridized carbons (Fsp3) is 0.828. The highest BCUT2D eigenvalue weighted by molar-refractivity contribution is 5.71. The van der Waals surface area contributed by atoms with Gasteiger partial charge in [-0.1, -0.05) is 268 Å². The Hall–Kier alpha value is -2.63. The lowest BCUT2D eigenvalue weighted by Crippen LogP contribution is -2.30. The van der Waals surface area contributed by atoms with Crippen molar-refractivity contribution in [1.29, 1.82) is 0 Å². The zero-order valence-electron chi connectivity index (χ0n) is 46.8. The summed E-state index contributed by atoms with van der Waals surface area (Å²) >= 11 is 0. The molecule has 0 N–H and O–H groups in total. The van der Waals surface area contributed by atoms with Crippen molar-refractivity contribution in [1.82, 2.24) is 0 Å². The summed E-state index contributed by atoms with van der Waals surface area (Å²) in [4.78, 5) is 37.9. The second kappa shape index (κ2) is 58.9. The van der Waals surface area contributed by atoms with Crippen LogP contribution >= 0.6 is 0 Å². The van der Waals surface area contributed by atoms with Gasteiger partial charge in [-0.05, 0) is 83.5 Å². The van der Waals surface area contributed by atoms with E-state index in [-0.39, 0.29) is 31.1 Å². The number of hydrogen-bond acceptors (Lipinski definition) is 6. The average molecular weight is 982 g/mol. The normalized spacial score (nSPS) is 12.3. The van der Waals surface area contributed by atoms with Gasteiger partial charge < -0.3 is 14.2 Å². The van der Waals surface area contributed by atoms with E-state index in [1.807, 2.05) is 0 Å². The Kier molecular flexibility index (Phi) is 56.7. The molecule has 0 aliphatic heterocycles. The van der Waals surface area contributed by atoms with Gasteiger partial charge in [0.25, 0.3) is 0 Å². The number of ether oxygens (including phenoxy) is 3. The van der Waals surface area contributed by atoms with Crippen LogP contribution in [0.15, 0.2) is 48.6 Å². The zero-order chi connectivity index (χ0) is 50.7. The van der Waals surface area contributed by atoms with Gasteiger partial charge in [0.1, 0.15) is 13.2 Å². The van der Waals surface area contributed by atoms with Gasteiger partial charge in [-0.25, -0.2) is 0 Å². The largest absolute Gasteiger partial charge is 0.462 e. The molecule has 0 aromatic carbocycles. The van der Waals surface area contributed by atoms with Crippen LogP contribution in [-0.4, -0.2) is 37.2 Å². The van der Waals surface area contributed by atoms with Crippen molar-refractivity contribution in [3.63, 3.8) is 0 Å². The zero-order valence-corrected chi connectivity index (χ0v) is 46.8. The van der Waals surface area contributed by atoms with Gasteiger partial charge in [-0.15, -0.1) is 0 Å². The molecule has 70 heavy (non-hydrogen) atoms. The molecule has 0 aromatic rings. The Morgan fingerprint density at radius 1 is 0.286 bits per heavy atom. The van der Waals surface area contributed by atoms with Crippen molar-refractivity contribution in [2.24, 2.45) is 0 Å². The number of carbonyl (C=O) groups is 3. The van der Waals surface area contributed by atoms with Gasteiger partial charge in [0.05, 0.1) is 0 Å². The van der Waals surface area contributed by atoms with E-state index >= 15 is 0 Å². The Labute approximate surface area is 435 Å². The molecule has 0 fully saturated rings. The molecular weight excluding hydrogens is 865 g/mol. The van der Waals surface area contributed by atoms with Crippen molar-refractivity contribution in [3.05, 3.63) is 48.6 Å². The highest BCUT2D eigenvalue weighted by Crippen LogP contribution is 2.16. The lowest BCUT2D eigenvalue weighted by molar-refractivity contribution is -0.167. The summed E-state index contributed by atoms with van der Waals surface area (Å²) in [7, 11) is 0. The SMILES string of the molecule is CCCCCCC/C=C\C/C=C\C/C=C\CCCCCCCCCCCCCCCCC(=O)OCC(COC(=O)CCCCCCCC)OC(=O)CCCCCCCCC/C=C\CCCCCCCC. The van der Waals surface area contributed by atoms with Crippen LogP contribution in [-0.2, 0) is 28.6 Å². The third kappa shape index (κ3) is 56.3. The molecule has 1 unspecified atom stereocenters. The lowest BCUT2D eigenvalue weighted by Gasteiger charge is -2.18. The van der Waals surface area contributed by atoms with Gasteiger partial charge in [0.2, 0.25) is 0 Å². The monoisotopic (exact) mass is 981 g/mol. The number of hydrogen-bond donors (Lipinski definition) is 0. The first-order valence-electron chi connectivity index (χ1n) is 30.6. The molecule has 0 aromatic heterocycles. The third-order valence-corrected chi connectivity index (χ3v) is 13.6. The second-order valence-electron chi connectivity index (χ2n) is 20.6. The molecule has 408 valence electrons. The van der Waals surface area contributed by atoms with Crippen LogP contribution in [0.5, 0.6) is 0 Å².